The number of aromatic nitrogens is 7. The van der Waals surface area contributed by atoms with Gasteiger partial charge in [-0.3, -0.25) is 24.6 Å². The number of fused-ring (bicyclic) bond motifs is 1. The molecule has 2 N–H and O–H groups in total. The van der Waals surface area contributed by atoms with E-state index in [0.717, 1.165) is 58.2 Å². The zero-order chi connectivity index (χ0) is 35.3. The number of rotatable bonds is 10. The van der Waals surface area contributed by atoms with Gasteiger partial charge >= 0.3 is 6.03 Å². The van der Waals surface area contributed by atoms with Crippen molar-refractivity contribution in [2.75, 3.05) is 47.8 Å². The van der Waals surface area contributed by atoms with Gasteiger partial charge in [0.15, 0.2) is 11.6 Å². The van der Waals surface area contributed by atoms with Crippen molar-refractivity contribution < 1.29 is 18.0 Å². The van der Waals surface area contributed by atoms with Crippen LogP contribution in [-0.2, 0) is 21.4 Å². The maximum Gasteiger partial charge on any atom is 0.328 e. The average Bonchev–Trinajstić information content (AvgIpc) is 3.74. The van der Waals surface area contributed by atoms with E-state index >= 15 is 0 Å². The van der Waals surface area contributed by atoms with Crippen molar-refractivity contribution in [3.8, 4) is 11.4 Å². The van der Waals surface area contributed by atoms with Crippen molar-refractivity contribution >= 4 is 56.0 Å². The van der Waals surface area contributed by atoms with Gasteiger partial charge in [0.1, 0.15) is 11.6 Å². The average molecular weight is 711 g/mol. The number of carbonyl (C=O) groups is 2. The number of nitrogens with zero attached hydrogens (tertiary/aromatic N) is 10. The van der Waals surface area contributed by atoms with Gasteiger partial charge in [0.25, 0.3) is 10.0 Å². The summed E-state index contributed by atoms with van der Waals surface area (Å²) in [7, 11) is -3.49. The van der Waals surface area contributed by atoms with E-state index < -0.39 is 10.0 Å². The highest BCUT2D eigenvalue weighted by molar-refractivity contribution is 7.90. The first-order valence-corrected chi connectivity index (χ1v) is 18.6. The number of piperazine rings is 1. The quantitative estimate of drug-likeness (QED) is 0.216. The fourth-order valence-corrected chi connectivity index (χ4v) is 8.03. The van der Waals surface area contributed by atoms with Gasteiger partial charge in [-0.25, -0.2) is 28.2 Å². The molecule has 4 aromatic heterocycles. The van der Waals surface area contributed by atoms with Crippen LogP contribution >= 0.6 is 0 Å². The zero-order valence-electron chi connectivity index (χ0n) is 28.3. The molecule has 6 heterocycles. The lowest BCUT2D eigenvalue weighted by Crippen LogP contribution is -2.50. The number of imide groups is 1. The van der Waals surface area contributed by atoms with E-state index in [4.69, 9.17) is 10.1 Å². The Balaban J connectivity index is 0.968. The standard InChI is InChI=1S/C34H38N12O4S/c1-22(2)46-28-17-30(38-29-9-11-35-32(39-29)24-18-37-45(21-24)51(49,50)25-7-8-25)36-19-26(28)33(41-46)43-15-13-42(14-16-43)20-23-5-3-4-6-27(23)44-12-10-31(47)40-34(44)48/h3-6,9,11,17-19,21-22,25H,7-8,10,12-16,20H2,1-2H3,(H,40,47,48)(H,35,36,38,39). The van der Waals surface area contributed by atoms with E-state index in [9.17, 15) is 18.0 Å². The third-order valence-electron chi connectivity index (χ3n) is 9.40. The van der Waals surface area contributed by atoms with E-state index in [0.29, 0.717) is 49.0 Å². The van der Waals surface area contributed by atoms with Gasteiger partial charge in [-0.05, 0) is 44.4 Å². The van der Waals surface area contributed by atoms with E-state index in [1.165, 1.54) is 12.4 Å². The molecule has 264 valence electrons. The first-order valence-electron chi connectivity index (χ1n) is 17.1. The largest absolute Gasteiger partial charge is 0.352 e. The molecule has 0 spiro atoms. The van der Waals surface area contributed by atoms with Gasteiger partial charge in [-0.2, -0.15) is 14.3 Å². The molecule has 0 atom stereocenters. The van der Waals surface area contributed by atoms with Crippen LogP contribution in [-0.4, -0.2) is 97.1 Å². The highest BCUT2D eigenvalue weighted by Gasteiger charge is 2.38. The van der Waals surface area contributed by atoms with Crippen molar-refractivity contribution in [2.24, 2.45) is 0 Å². The molecule has 3 aliphatic rings. The number of anilines is 4. The second-order valence-corrected chi connectivity index (χ2v) is 15.4. The Morgan fingerprint density at radius 2 is 1.78 bits per heavy atom. The van der Waals surface area contributed by atoms with Crippen LogP contribution in [0.5, 0.6) is 0 Å². The fraction of sp³-hybridized carbons (Fsp3) is 0.382. The van der Waals surface area contributed by atoms with Gasteiger partial charge in [0.05, 0.1) is 34.1 Å². The molecule has 3 fully saturated rings. The van der Waals surface area contributed by atoms with Gasteiger partial charge in [-0.15, -0.1) is 0 Å². The van der Waals surface area contributed by atoms with Crippen molar-refractivity contribution in [1.29, 1.82) is 0 Å². The van der Waals surface area contributed by atoms with Crippen LogP contribution in [0.2, 0.25) is 0 Å². The molecule has 17 heteroatoms. The molecule has 0 radical (unpaired) electrons. The number of hydrogen-bond acceptors (Lipinski definition) is 12. The molecule has 51 heavy (non-hydrogen) atoms. The number of urea groups is 1. The summed E-state index contributed by atoms with van der Waals surface area (Å²) in [6.07, 6.45) is 7.96. The van der Waals surface area contributed by atoms with Crippen LogP contribution in [0, 0.1) is 0 Å². The van der Waals surface area contributed by atoms with Crippen LogP contribution in [0.1, 0.15) is 44.7 Å². The Morgan fingerprint density at radius 3 is 2.55 bits per heavy atom. The molecule has 8 rings (SSSR count). The van der Waals surface area contributed by atoms with Crippen LogP contribution in [0.3, 0.4) is 0 Å². The predicted molar refractivity (Wildman–Crippen MR) is 191 cm³/mol. The monoisotopic (exact) mass is 710 g/mol. The van der Waals surface area contributed by atoms with Gasteiger partial charge in [0.2, 0.25) is 5.91 Å². The Bertz CT molecular complexity index is 2240. The number of nitrogens with one attached hydrogen (secondary N) is 2. The normalized spacial score (nSPS) is 17.4. The van der Waals surface area contributed by atoms with Crippen molar-refractivity contribution in [3.05, 3.63) is 66.7 Å². The molecule has 16 nitrogen and oxygen atoms in total. The molecule has 3 amide bonds. The summed E-state index contributed by atoms with van der Waals surface area (Å²) < 4.78 is 28.2. The second-order valence-electron chi connectivity index (χ2n) is 13.3. The predicted octanol–water partition coefficient (Wildman–Crippen LogP) is 3.52. The zero-order valence-corrected chi connectivity index (χ0v) is 29.1. The Hall–Kier alpha value is -5.42. The van der Waals surface area contributed by atoms with Crippen LogP contribution in [0.4, 0.5) is 27.9 Å². The van der Waals surface area contributed by atoms with Crippen molar-refractivity contribution in [3.63, 3.8) is 0 Å². The van der Waals surface area contributed by atoms with Gasteiger partial charge < -0.3 is 10.2 Å². The fourth-order valence-electron chi connectivity index (χ4n) is 6.55. The first kappa shape index (κ1) is 32.8. The van der Waals surface area contributed by atoms with E-state index in [-0.39, 0.29) is 29.7 Å². The van der Waals surface area contributed by atoms with Crippen LogP contribution in [0.25, 0.3) is 22.3 Å². The Morgan fingerprint density at radius 1 is 0.980 bits per heavy atom. The van der Waals surface area contributed by atoms with Crippen molar-refractivity contribution in [1.82, 2.24) is 44.1 Å². The van der Waals surface area contributed by atoms with Crippen LogP contribution in [0.15, 0.2) is 61.2 Å². The number of benzene rings is 1. The van der Waals surface area contributed by atoms with Gasteiger partial charge in [-0.1, -0.05) is 18.2 Å². The molecular formula is C34H38N12O4S. The molecule has 2 aliphatic heterocycles. The summed E-state index contributed by atoms with van der Waals surface area (Å²) in [5.41, 5.74) is 3.32. The number of hydrogen-bond donors (Lipinski definition) is 2. The van der Waals surface area contributed by atoms with Crippen molar-refractivity contribution in [2.45, 2.75) is 50.9 Å². The maximum atomic E-state index is 12.6. The summed E-state index contributed by atoms with van der Waals surface area (Å²) >= 11 is 0. The number of para-hydroxylation sites is 1. The molecule has 5 aromatic rings. The second kappa shape index (κ2) is 13.0. The number of pyridine rings is 1. The molecule has 1 aromatic carbocycles. The van der Waals surface area contributed by atoms with E-state index in [1.54, 1.807) is 17.2 Å². The topological polar surface area (TPSA) is 176 Å². The summed E-state index contributed by atoms with van der Waals surface area (Å²) in [6.45, 7) is 8.41. The lowest BCUT2D eigenvalue weighted by Gasteiger charge is -2.36. The summed E-state index contributed by atoms with van der Waals surface area (Å²) in [5, 5.41) is 15.4. The smallest absolute Gasteiger partial charge is 0.328 e. The summed E-state index contributed by atoms with van der Waals surface area (Å²) in [5.74, 6) is 2.08. The Kier molecular flexibility index (Phi) is 8.38. The summed E-state index contributed by atoms with van der Waals surface area (Å²) in [4.78, 5) is 44.2. The highest BCUT2D eigenvalue weighted by Crippen LogP contribution is 2.33. The molecule has 0 unspecified atom stereocenters. The molecule has 1 saturated carbocycles. The van der Waals surface area contributed by atoms with E-state index in [2.05, 4.69) is 49.3 Å². The molecule has 1 aliphatic carbocycles. The highest BCUT2D eigenvalue weighted by atomic mass is 32.2. The maximum absolute atomic E-state index is 12.6. The minimum absolute atomic E-state index is 0.102. The minimum Gasteiger partial charge on any atom is -0.352 e. The third-order valence-corrected chi connectivity index (χ3v) is 11.4. The van der Waals surface area contributed by atoms with E-state index in [1.807, 2.05) is 41.2 Å². The third kappa shape index (κ3) is 6.49. The first-order chi connectivity index (χ1) is 24.6. The molecule has 0 bridgehead atoms. The number of amides is 3. The lowest BCUT2D eigenvalue weighted by atomic mass is 10.1. The SMILES string of the molecule is CC(C)n1nc(N2CCN(Cc3ccccc3N3CCC(=O)NC3=O)CC2)c2cnc(Nc3ccnc(-c4cnn(S(=O)(=O)C5CC5)c4)n3)cc21. The molecule has 2 saturated heterocycles. The van der Waals surface area contributed by atoms with Gasteiger partial charge in [0, 0.05) is 75.9 Å². The summed E-state index contributed by atoms with van der Waals surface area (Å²) in [6, 6.07) is 11.3. The Labute approximate surface area is 294 Å². The van der Waals surface area contributed by atoms with Crippen LogP contribution < -0.4 is 20.4 Å². The minimum atomic E-state index is -3.49. The number of carbonyl (C=O) groups excluding carboxylic acids is 2. The lowest BCUT2D eigenvalue weighted by molar-refractivity contribution is -0.120. The molecular weight excluding hydrogens is 673 g/mol.